The molecule has 0 aliphatic heterocycles. The monoisotopic (exact) mass is 202 g/mol. The van der Waals surface area contributed by atoms with Crippen molar-refractivity contribution in [1.82, 2.24) is 5.16 Å². The van der Waals surface area contributed by atoms with Gasteiger partial charge in [0.25, 0.3) is 0 Å². The zero-order chi connectivity index (χ0) is 10.7. The summed E-state index contributed by atoms with van der Waals surface area (Å²) in [6, 6.07) is 11.0. The van der Waals surface area contributed by atoms with E-state index in [-0.39, 0.29) is 6.42 Å². The van der Waals surface area contributed by atoms with E-state index in [0.717, 1.165) is 5.56 Å². The third kappa shape index (κ3) is 2.22. The molecule has 0 bridgehead atoms. The summed E-state index contributed by atoms with van der Waals surface area (Å²) in [7, 11) is 0. The molecule has 2 rings (SSSR count). The average Bonchev–Trinajstić information content (AvgIpc) is 2.67. The highest BCUT2D eigenvalue weighted by atomic mass is 16.5. The van der Waals surface area contributed by atoms with Gasteiger partial charge in [-0.2, -0.15) is 0 Å². The molecule has 0 aliphatic carbocycles. The fraction of sp³-hybridized carbons (Fsp3) is 0.0909. The largest absolute Gasteiger partial charge is 0.550 e. The summed E-state index contributed by atoms with van der Waals surface area (Å²) >= 11 is 0. The average molecular weight is 202 g/mol. The van der Waals surface area contributed by atoms with E-state index >= 15 is 0 Å². The van der Waals surface area contributed by atoms with Gasteiger partial charge >= 0.3 is 0 Å². The molecule has 0 unspecified atom stereocenters. The van der Waals surface area contributed by atoms with E-state index in [4.69, 9.17) is 4.52 Å². The minimum atomic E-state index is -1.18. The molecular weight excluding hydrogens is 194 g/mol. The van der Waals surface area contributed by atoms with Crippen molar-refractivity contribution in [3.63, 3.8) is 0 Å². The lowest BCUT2D eigenvalue weighted by atomic mass is 10.1. The Morgan fingerprint density at radius 2 is 2.07 bits per heavy atom. The smallest absolute Gasteiger partial charge is 0.142 e. The zero-order valence-corrected chi connectivity index (χ0v) is 7.84. The van der Waals surface area contributed by atoms with Crippen LogP contribution in [0.3, 0.4) is 0 Å². The third-order valence-electron chi connectivity index (χ3n) is 1.95. The molecule has 4 heteroatoms. The highest BCUT2D eigenvalue weighted by Gasteiger charge is 2.05. The number of carboxylic acid groups (broad SMARTS) is 1. The van der Waals surface area contributed by atoms with Crippen molar-refractivity contribution < 1.29 is 14.4 Å². The predicted octanol–water partition coefficient (Wildman–Crippen LogP) is 0.634. The first-order valence-electron chi connectivity index (χ1n) is 4.46. The van der Waals surface area contributed by atoms with Crippen molar-refractivity contribution in [1.29, 1.82) is 0 Å². The van der Waals surface area contributed by atoms with E-state index in [9.17, 15) is 9.90 Å². The molecule has 1 aromatic carbocycles. The number of hydrogen-bond donors (Lipinski definition) is 0. The molecule has 0 saturated heterocycles. The maximum absolute atomic E-state index is 10.3. The van der Waals surface area contributed by atoms with Crippen LogP contribution in [0.25, 0.3) is 11.3 Å². The van der Waals surface area contributed by atoms with Crippen molar-refractivity contribution in [2.24, 2.45) is 0 Å². The molecule has 0 amide bonds. The van der Waals surface area contributed by atoms with Crippen LogP contribution in [0.15, 0.2) is 40.9 Å². The molecule has 0 saturated carbocycles. The molecule has 0 aliphatic rings. The molecule has 4 nitrogen and oxygen atoms in total. The second-order valence-corrected chi connectivity index (χ2v) is 3.09. The molecule has 0 atom stereocenters. The third-order valence-corrected chi connectivity index (χ3v) is 1.95. The number of hydrogen-bond acceptors (Lipinski definition) is 4. The molecule has 1 aromatic heterocycles. The first-order chi connectivity index (χ1) is 7.25. The summed E-state index contributed by atoms with van der Waals surface area (Å²) in [6.07, 6.45) is -0.250. The summed E-state index contributed by atoms with van der Waals surface area (Å²) in [4.78, 5) is 10.3. The van der Waals surface area contributed by atoms with E-state index in [0.29, 0.717) is 11.5 Å². The fourth-order valence-electron chi connectivity index (χ4n) is 1.28. The second kappa shape index (κ2) is 3.96. The summed E-state index contributed by atoms with van der Waals surface area (Å²) in [5.41, 5.74) is 1.53. The number of rotatable bonds is 3. The van der Waals surface area contributed by atoms with Crippen LogP contribution in [0.2, 0.25) is 0 Å². The van der Waals surface area contributed by atoms with Gasteiger partial charge in [-0.15, -0.1) is 0 Å². The van der Waals surface area contributed by atoms with Gasteiger partial charge in [0.15, 0.2) is 0 Å². The number of aliphatic carboxylic acids is 1. The Kier molecular flexibility index (Phi) is 2.49. The van der Waals surface area contributed by atoms with Gasteiger partial charge in [0.2, 0.25) is 0 Å². The highest BCUT2D eigenvalue weighted by Crippen LogP contribution is 2.18. The Hall–Kier alpha value is -2.10. The quantitative estimate of drug-likeness (QED) is 0.732. The van der Waals surface area contributed by atoms with Gasteiger partial charge in [-0.1, -0.05) is 35.5 Å². The number of benzene rings is 1. The molecule has 1 heterocycles. The van der Waals surface area contributed by atoms with Gasteiger partial charge in [-0.05, 0) is 0 Å². The lowest BCUT2D eigenvalue weighted by Gasteiger charge is -1.94. The first kappa shape index (κ1) is 9.45. The van der Waals surface area contributed by atoms with Crippen molar-refractivity contribution >= 4 is 5.97 Å². The summed E-state index contributed by atoms with van der Waals surface area (Å²) in [5, 5.41) is 14.1. The van der Waals surface area contributed by atoms with Gasteiger partial charge in [-0.25, -0.2) is 0 Å². The normalized spacial score (nSPS) is 10.1. The van der Waals surface area contributed by atoms with Gasteiger partial charge in [0.1, 0.15) is 11.5 Å². The van der Waals surface area contributed by atoms with Crippen LogP contribution in [-0.4, -0.2) is 11.1 Å². The molecule has 76 valence electrons. The van der Waals surface area contributed by atoms with Crippen molar-refractivity contribution in [3.05, 3.63) is 42.2 Å². The lowest BCUT2D eigenvalue weighted by molar-refractivity contribution is -0.305. The Balaban J connectivity index is 2.24. The fourth-order valence-corrected chi connectivity index (χ4v) is 1.28. The maximum Gasteiger partial charge on any atom is 0.142 e. The second-order valence-electron chi connectivity index (χ2n) is 3.09. The van der Waals surface area contributed by atoms with E-state index in [1.807, 2.05) is 30.3 Å². The van der Waals surface area contributed by atoms with Gasteiger partial charge < -0.3 is 14.4 Å². The van der Waals surface area contributed by atoms with Gasteiger partial charge in [0, 0.05) is 24.0 Å². The highest BCUT2D eigenvalue weighted by molar-refractivity contribution is 5.68. The SMILES string of the molecule is O=C([O-])Cc1cc(-c2ccccc2)no1. The standard InChI is InChI=1S/C11H9NO3/c13-11(14)7-9-6-10(12-15-9)8-4-2-1-3-5-8/h1-6H,7H2,(H,13,14)/p-1. The van der Waals surface area contributed by atoms with E-state index in [1.54, 1.807) is 6.07 Å². The van der Waals surface area contributed by atoms with Crippen LogP contribution < -0.4 is 5.11 Å². The maximum atomic E-state index is 10.3. The summed E-state index contributed by atoms with van der Waals surface area (Å²) in [6.45, 7) is 0. The van der Waals surface area contributed by atoms with Gasteiger partial charge in [0.05, 0.1) is 0 Å². The van der Waals surface area contributed by atoms with Crippen LogP contribution in [0.4, 0.5) is 0 Å². The zero-order valence-electron chi connectivity index (χ0n) is 7.84. The van der Waals surface area contributed by atoms with E-state index in [1.165, 1.54) is 0 Å². The van der Waals surface area contributed by atoms with Crippen LogP contribution in [-0.2, 0) is 11.2 Å². The first-order valence-corrected chi connectivity index (χ1v) is 4.46. The summed E-state index contributed by atoms with van der Waals surface area (Å²) < 4.78 is 4.86. The number of carbonyl (C=O) groups excluding carboxylic acids is 1. The Labute approximate surface area is 86.1 Å². The number of aromatic nitrogens is 1. The molecule has 0 radical (unpaired) electrons. The minimum absolute atomic E-state index is 0.250. The number of nitrogens with zero attached hydrogens (tertiary/aromatic N) is 1. The molecule has 0 spiro atoms. The van der Waals surface area contributed by atoms with Crippen LogP contribution in [0.5, 0.6) is 0 Å². The Bertz CT molecular complexity index is 462. The minimum Gasteiger partial charge on any atom is -0.550 e. The number of carboxylic acids is 1. The molecule has 0 fully saturated rings. The lowest BCUT2D eigenvalue weighted by Crippen LogP contribution is -2.24. The summed E-state index contributed by atoms with van der Waals surface area (Å²) in [5.74, 6) is -0.875. The Morgan fingerprint density at radius 1 is 1.33 bits per heavy atom. The van der Waals surface area contributed by atoms with Crippen LogP contribution in [0, 0.1) is 0 Å². The number of carbonyl (C=O) groups is 1. The van der Waals surface area contributed by atoms with Crippen molar-refractivity contribution in [2.75, 3.05) is 0 Å². The topological polar surface area (TPSA) is 66.2 Å². The Morgan fingerprint density at radius 3 is 2.73 bits per heavy atom. The predicted molar refractivity (Wildman–Crippen MR) is 50.7 cm³/mol. The molecule has 2 aromatic rings. The van der Waals surface area contributed by atoms with E-state index in [2.05, 4.69) is 5.16 Å². The van der Waals surface area contributed by atoms with Crippen LogP contribution in [0.1, 0.15) is 5.76 Å². The van der Waals surface area contributed by atoms with Crippen molar-refractivity contribution in [2.45, 2.75) is 6.42 Å². The molecular formula is C11H8NO3-. The van der Waals surface area contributed by atoms with Crippen molar-refractivity contribution in [3.8, 4) is 11.3 Å². The van der Waals surface area contributed by atoms with E-state index < -0.39 is 5.97 Å². The molecule has 0 N–H and O–H groups in total. The van der Waals surface area contributed by atoms with Crippen LogP contribution >= 0.6 is 0 Å². The van der Waals surface area contributed by atoms with Gasteiger partial charge in [-0.3, -0.25) is 0 Å². The molecule has 15 heavy (non-hydrogen) atoms.